The summed E-state index contributed by atoms with van der Waals surface area (Å²) in [6.07, 6.45) is 0.580. The Hall–Kier alpha value is -2.01. The lowest BCUT2D eigenvalue weighted by atomic mass is 10.1. The molecule has 0 amide bonds. The van der Waals surface area contributed by atoms with Gasteiger partial charge in [0.25, 0.3) is 0 Å². The van der Waals surface area contributed by atoms with Crippen LogP contribution in [0.25, 0.3) is 10.2 Å². The molecule has 0 saturated carbocycles. The van der Waals surface area contributed by atoms with Crippen LogP contribution >= 0.6 is 11.3 Å². The number of halogens is 2. The Labute approximate surface area is 119 Å². The maximum atomic E-state index is 13.4. The quantitative estimate of drug-likeness (QED) is 0.778. The van der Waals surface area contributed by atoms with E-state index in [1.54, 1.807) is 18.2 Å². The molecule has 102 valence electrons. The van der Waals surface area contributed by atoms with Gasteiger partial charge in [0, 0.05) is 12.6 Å². The summed E-state index contributed by atoms with van der Waals surface area (Å²) >= 11 is 1.46. The molecular formula is C15H12F2N2S. The summed E-state index contributed by atoms with van der Waals surface area (Å²) in [5.41, 5.74) is 1.32. The summed E-state index contributed by atoms with van der Waals surface area (Å²) in [6, 6.07) is 11.3. The third-order valence-corrected chi connectivity index (χ3v) is 3.97. The van der Waals surface area contributed by atoms with Crippen LogP contribution in [-0.2, 0) is 6.42 Å². The van der Waals surface area contributed by atoms with E-state index in [2.05, 4.69) is 10.3 Å². The molecule has 0 atom stereocenters. The molecular weight excluding hydrogens is 278 g/mol. The van der Waals surface area contributed by atoms with Crippen LogP contribution in [0.3, 0.4) is 0 Å². The number of nitrogens with zero attached hydrogens (tertiary/aromatic N) is 1. The van der Waals surface area contributed by atoms with Gasteiger partial charge in [-0.1, -0.05) is 29.5 Å². The number of fused-ring (bicyclic) bond motifs is 1. The van der Waals surface area contributed by atoms with Crippen molar-refractivity contribution >= 4 is 26.7 Å². The first-order valence-corrected chi connectivity index (χ1v) is 7.07. The Balaban J connectivity index is 1.67. The summed E-state index contributed by atoms with van der Waals surface area (Å²) in [4.78, 5) is 4.30. The molecule has 0 aliphatic carbocycles. The van der Waals surface area contributed by atoms with Gasteiger partial charge >= 0.3 is 0 Å². The number of hydrogen-bond donors (Lipinski definition) is 1. The molecule has 2 aromatic carbocycles. The molecule has 3 rings (SSSR count). The van der Waals surface area contributed by atoms with Crippen LogP contribution in [0.2, 0.25) is 0 Å². The second kappa shape index (κ2) is 5.54. The second-order valence-corrected chi connectivity index (χ2v) is 5.43. The normalized spacial score (nSPS) is 10.9. The second-order valence-electron chi connectivity index (χ2n) is 4.40. The molecule has 1 N–H and O–H groups in total. The minimum absolute atomic E-state index is 0.194. The minimum Gasteiger partial charge on any atom is -0.361 e. The van der Waals surface area contributed by atoms with Gasteiger partial charge in [-0.3, -0.25) is 0 Å². The first kappa shape index (κ1) is 13.0. The van der Waals surface area contributed by atoms with Crippen LogP contribution in [0.5, 0.6) is 0 Å². The highest BCUT2D eigenvalue weighted by Gasteiger charge is 2.05. The van der Waals surface area contributed by atoms with E-state index in [-0.39, 0.29) is 11.6 Å². The zero-order chi connectivity index (χ0) is 13.9. The molecule has 0 bridgehead atoms. The maximum absolute atomic E-state index is 13.4. The average Bonchev–Trinajstić information content (AvgIpc) is 2.83. The van der Waals surface area contributed by atoms with Gasteiger partial charge in [-0.2, -0.15) is 0 Å². The number of rotatable bonds is 4. The number of benzene rings is 2. The molecule has 0 aliphatic heterocycles. The van der Waals surface area contributed by atoms with Crippen molar-refractivity contribution < 1.29 is 8.78 Å². The van der Waals surface area contributed by atoms with Crippen molar-refractivity contribution in [3.05, 3.63) is 59.7 Å². The average molecular weight is 290 g/mol. The van der Waals surface area contributed by atoms with Crippen LogP contribution in [0.4, 0.5) is 13.9 Å². The van der Waals surface area contributed by atoms with Crippen molar-refractivity contribution in [2.24, 2.45) is 0 Å². The SMILES string of the molecule is Fc1ccc2sc(NCCc3ccccc3F)nc2c1. The molecule has 1 aromatic heterocycles. The predicted octanol–water partition coefficient (Wildman–Crippen LogP) is 4.23. The molecule has 0 unspecified atom stereocenters. The molecule has 1 heterocycles. The lowest BCUT2D eigenvalue weighted by Gasteiger charge is -2.03. The number of hydrogen-bond acceptors (Lipinski definition) is 3. The summed E-state index contributed by atoms with van der Waals surface area (Å²) < 4.78 is 27.4. The summed E-state index contributed by atoms with van der Waals surface area (Å²) in [5.74, 6) is -0.485. The van der Waals surface area contributed by atoms with Gasteiger partial charge in [0.2, 0.25) is 0 Å². The Morgan fingerprint density at radius 3 is 2.80 bits per heavy atom. The van der Waals surface area contributed by atoms with E-state index in [0.29, 0.717) is 24.0 Å². The number of thiazole rings is 1. The van der Waals surface area contributed by atoms with Gasteiger partial charge in [0.05, 0.1) is 10.2 Å². The van der Waals surface area contributed by atoms with Crippen LogP contribution in [0.15, 0.2) is 42.5 Å². The molecule has 0 fully saturated rings. The third kappa shape index (κ3) is 2.77. The Kier molecular flexibility index (Phi) is 3.60. The smallest absolute Gasteiger partial charge is 0.183 e. The Bertz CT molecular complexity index is 740. The minimum atomic E-state index is -0.291. The zero-order valence-electron chi connectivity index (χ0n) is 10.6. The van der Waals surface area contributed by atoms with Gasteiger partial charge in [0.15, 0.2) is 5.13 Å². The summed E-state index contributed by atoms with van der Waals surface area (Å²) in [5, 5.41) is 3.87. The molecule has 3 aromatic rings. The van der Waals surface area contributed by atoms with E-state index in [1.165, 1.54) is 29.5 Å². The Morgan fingerprint density at radius 2 is 1.95 bits per heavy atom. The van der Waals surface area contributed by atoms with Crippen molar-refractivity contribution in [1.29, 1.82) is 0 Å². The van der Waals surface area contributed by atoms with Crippen molar-refractivity contribution in [2.75, 3.05) is 11.9 Å². The largest absolute Gasteiger partial charge is 0.361 e. The van der Waals surface area contributed by atoms with Crippen molar-refractivity contribution in [3.63, 3.8) is 0 Å². The number of nitrogens with one attached hydrogen (secondary N) is 1. The highest BCUT2D eigenvalue weighted by atomic mass is 32.1. The van der Waals surface area contributed by atoms with Crippen molar-refractivity contribution in [2.45, 2.75) is 6.42 Å². The van der Waals surface area contributed by atoms with Crippen LogP contribution in [-0.4, -0.2) is 11.5 Å². The van der Waals surface area contributed by atoms with E-state index in [1.807, 2.05) is 6.07 Å². The Morgan fingerprint density at radius 1 is 1.10 bits per heavy atom. The van der Waals surface area contributed by atoms with Crippen LogP contribution in [0, 0.1) is 11.6 Å². The third-order valence-electron chi connectivity index (χ3n) is 2.98. The summed E-state index contributed by atoms with van der Waals surface area (Å²) in [6.45, 7) is 0.587. The van der Waals surface area contributed by atoms with Crippen LogP contribution < -0.4 is 5.32 Å². The number of aromatic nitrogens is 1. The topological polar surface area (TPSA) is 24.9 Å². The monoisotopic (exact) mass is 290 g/mol. The van der Waals surface area contributed by atoms with Crippen molar-refractivity contribution in [1.82, 2.24) is 4.98 Å². The predicted molar refractivity (Wildman–Crippen MR) is 78.2 cm³/mol. The molecule has 0 radical (unpaired) electrons. The van der Waals surface area contributed by atoms with Crippen molar-refractivity contribution in [3.8, 4) is 0 Å². The van der Waals surface area contributed by atoms with E-state index >= 15 is 0 Å². The van der Waals surface area contributed by atoms with E-state index in [9.17, 15) is 8.78 Å². The maximum Gasteiger partial charge on any atom is 0.183 e. The molecule has 20 heavy (non-hydrogen) atoms. The van der Waals surface area contributed by atoms with Gasteiger partial charge < -0.3 is 5.32 Å². The fourth-order valence-corrected chi connectivity index (χ4v) is 2.85. The van der Waals surface area contributed by atoms with E-state index in [4.69, 9.17) is 0 Å². The lowest BCUT2D eigenvalue weighted by molar-refractivity contribution is 0.610. The van der Waals surface area contributed by atoms with Gasteiger partial charge in [-0.15, -0.1) is 0 Å². The van der Waals surface area contributed by atoms with Gasteiger partial charge in [-0.05, 0) is 30.2 Å². The van der Waals surface area contributed by atoms with Gasteiger partial charge in [0.1, 0.15) is 11.6 Å². The van der Waals surface area contributed by atoms with E-state index < -0.39 is 0 Å². The van der Waals surface area contributed by atoms with E-state index in [0.717, 1.165) is 9.83 Å². The highest BCUT2D eigenvalue weighted by molar-refractivity contribution is 7.22. The fourth-order valence-electron chi connectivity index (χ4n) is 1.98. The summed E-state index contributed by atoms with van der Waals surface area (Å²) in [7, 11) is 0. The lowest BCUT2D eigenvalue weighted by Crippen LogP contribution is -2.05. The molecule has 0 saturated heterocycles. The van der Waals surface area contributed by atoms with Crippen LogP contribution in [0.1, 0.15) is 5.56 Å². The first-order valence-electron chi connectivity index (χ1n) is 6.26. The molecule has 0 spiro atoms. The molecule has 0 aliphatic rings. The molecule has 5 heteroatoms. The number of anilines is 1. The zero-order valence-corrected chi connectivity index (χ0v) is 11.4. The van der Waals surface area contributed by atoms with Gasteiger partial charge in [-0.25, -0.2) is 13.8 Å². The molecule has 2 nitrogen and oxygen atoms in total. The standard InChI is InChI=1S/C15H12F2N2S/c16-11-5-6-14-13(9-11)19-15(20-14)18-8-7-10-3-1-2-4-12(10)17/h1-6,9H,7-8H2,(H,18,19). The first-order chi connectivity index (χ1) is 9.72. The fraction of sp³-hybridized carbons (Fsp3) is 0.133. The highest BCUT2D eigenvalue weighted by Crippen LogP contribution is 2.26.